The molecule has 0 unspecified atom stereocenters. The smallest absolute Gasteiger partial charge is 0.416 e. The molecule has 0 spiro atoms. The summed E-state index contributed by atoms with van der Waals surface area (Å²) in [7, 11) is 0. The van der Waals surface area contributed by atoms with Crippen molar-refractivity contribution in [1.82, 2.24) is 4.90 Å². The van der Waals surface area contributed by atoms with Gasteiger partial charge in [0.2, 0.25) is 0 Å². The Hall–Kier alpha value is -3.07. The molecule has 0 saturated heterocycles. The van der Waals surface area contributed by atoms with Crippen LogP contribution in [0, 0.1) is 0 Å². The van der Waals surface area contributed by atoms with Crippen LogP contribution in [0.1, 0.15) is 62.6 Å². The van der Waals surface area contributed by atoms with Crippen molar-refractivity contribution in [2.24, 2.45) is 0 Å². The van der Waals surface area contributed by atoms with Crippen molar-refractivity contribution >= 4 is 11.9 Å². The minimum absolute atomic E-state index is 0.195. The van der Waals surface area contributed by atoms with Crippen molar-refractivity contribution in [2.75, 3.05) is 19.8 Å². The Morgan fingerprint density at radius 2 is 1.54 bits per heavy atom. The van der Waals surface area contributed by atoms with Gasteiger partial charge < -0.3 is 19.5 Å². The molecule has 0 radical (unpaired) electrons. The molecule has 1 N–H and O–H groups in total. The maximum atomic E-state index is 13.0. The molecule has 0 bridgehead atoms. The van der Waals surface area contributed by atoms with Crippen LogP contribution in [-0.4, -0.2) is 47.7 Å². The number of hydrogen-bond donors (Lipinski definition) is 1. The van der Waals surface area contributed by atoms with Crippen molar-refractivity contribution in [3.63, 3.8) is 0 Å². The number of carboxylic acid groups (broad SMARTS) is 1. The van der Waals surface area contributed by atoms with Crippen LogP contribution in [0.15, 0.2) is 48.5 Å². The zero-order valence-electron chi connectivity index (χ0n) is 21.4. The average Bonchev–Trinajstić information content (AvgIpc) is 2.86. The van der Waals surface area contributed by atoms with E-state index in [-0.39, 0.29) is 25.5 Å². The molecule has 2 rings (SSSR count). The number of carbonyl (C=O) groups excluding carboxylic acids is 1. The van der Waals surface area contributed by atoms with Gasteiger partial charge in [-0.05, 0) is 48.7 Å². The van der Waals surface area contributed by atoms with Gasteiger partial charge in [-0.2, -0.15) is 13.2 Å². The van der Waals surface area contributed by atoms with Gasteiger partial charge in [0, 0.05) is 26.1 Å². The van der Waals surface area contributed by atoms with Gasteiger partial charge >= 0.3 is 12.1 Å². The van der Waals surface area contributed by atoms with Gasteiger partial charge in [0.15, 0.2) is 12.7 Å². The number of hydrogen-bond acceptors (Lipinski definition) is 4. The minimum atomic E-state index is -4.41. The van der Waals surface area contributed by atoms with Gasteiger partial charge in [0.1, 0.15) is 5.75 Å². The lowest BCUT2D eigenvalue weighted by Crippen LogP contribution is -2.35. The third kappa shape index (κ3) is 10.8. The molecule has 0 aromatic heterocycles. The first-order chi connectivity index (χ1) is 17.6. The Balaban J connectivity index is 1.99. The largest absolute Gasteiger partial charge is 0.484 e. The lowest BCUT2D eigenvalue weighted by molar-refractivity contribution is -0.150. The number of carbonyl (C=O) groups is 2. The fourth-order valence-corrected chi connectivity index (χ4v) is 3.81. The fraction of sp³-hybridized carbons (Fsp3) is 0.500. The van der Waals surface area contributed by atoms with Crippen LogP contribution in [0.4, 0.5) is 13.2 Å². The molecule has 0 saturated carbocycles. The number of amides is 1. The van der Waals surface area contributed by atoms with E-state index < -0.39 is 23.8 Å². The molecule has 0 heterocycles. The first kappa shape index (κ1) is 30.2. The highest BCUT2D eigenvalue weighted by Crippen LogP contribution is 2.29. The van der Waals surface area contributed by atoms with Crippen LogP contribution in [0.2, 0.25) is 0 Å². The van der Waals surface area contributed by atoms with Crippen LogP contribution in [-0.2, 0) is 33.5 Å². The number of ether oxygens (including phenoxy) is 2. The molecule has 0 aliphatic rings. The minimum Gasteiger partial charge on any atom is -0.484 e. The van der Waals surface area contributed by atoms with E-state index in [9.17, 15) is 27.9 Å². The zero-order valence-corrected chi connectivity index (χ0v) is 21.4. The van der Waals surface area contributed by atoms with Gasteiger partial charge in [-0.3, -0.25) is 4.79 Å². The Kier molecular flexibility index (Phi) is 12.4. The number of aliphatic carboxylic acids is 1. The highest BCUT2D eigenvalue weighted by atomic mass is 19.4. The lowest BCUT2D eigenvalue weighted by atomic mass is 10.1. The van der Waals surface area contributed by atoms with Crippen LogP contribution < -0.4 is 4.74 Å². The third-order valence-corrected chi connectivity index (χ3v) is 5.89. The van der Waals surface area contributed by atoms with Crippen LogP contribution in [0.3, 0.4) is 0 Å². The lowest BCUT2D eigenvalue weighted by Gasteiger charge is -2.23. The highest BCUT2D eigenvalue weighted by Gasteiger charge is 2.30. The second-order valence-corrected chi connectivity index (χ2v) is 8.84. The van der Waals surface area contributed by atoms with Gasteiger partial charge in [-0.15, -0.1) is 0 Å². The molecule has 6 nitrogen and oxygen atoms in total. The summed E-state index contributed by atoms with van der Waals surface area (Å²) in [5.41, 5.74) is 0.647. The van der Waals surface area contributed by atoms with E-state index in [0.717, 1.165) is 49.8 Å². The fourth-order valence-electron chi connectivity index (χ4n) is 3.81. The van der Waals surface area contributed by atoms with E-state index in [1.54, 1.807) is 36.1 Å². The number of halogens is 3. The summed E-state index contributed by atoms with van der Waals surface area (Å²) >= 11 is 0. The van der Waals surface area contributed by atoms with Crippen LogP contribution in [0.25, 0.3) is 0 Å². The molecule has 2 aromatic rings. The number of unbranched alkanes of at least 4 members (excludes halogenated alkanes) is 4. The average molecular weight is 524 g/mol. The SMILES string of the molecule is CCCCCCCN(Cc1ccc(C(F)(F)F)cc1)C(=O)COc1ccc(C[C@H](OCC)C(=O)O)cc1. The number of rotatable bonds is 16. The molecular formula is C28H36F3NO5. The zero-order chi connectivity index (χ0) is 27.3. The summed E-state index contributed by atoms with van der Waals surface area (Å²) in [5.74, 6) is -0.838. The van der Waals surface area contributed by atoms with Gasteiger partial charge in [0.05, 0.1) is 5.56 Å². The topological polar surface area (TPSA) is 76.1 Å². The third-order valence-electron chi connectivity index (χ3n) is 5.89. The Labute approximate surface area is 216 Å². The molecule has 0 aliphatic heterocycles. The standard InChI is InChI=1S/C28H36F3NO5/c1-3-5-6-7-8-17-32(19-22-9-13-23(14-10-22)28(29,30)31)26(33)20-37-24-15-11-21(12-16-24)18-25(27(34)35)36-4-2/h9-16,25H,3-8,17-20H2,1-2H3,(H,34,35)/t25-/m0/s1. The van der Waals surface area contributed by atoms with E-state index in [4.69, 9.17) is 9.47 Å². The van der Waals surface area contributed by atoms with Gasteiger partial charge in [-0.25, -0.2) is 4.79 Å². The van der Waals surface area contributed by atoms with Gasteiger partial charge in [0.25, 0.3) is 5.91 Å². The van der Waals surface area contributed by atoms with Crippen molar-refractivity contribution in [3.8, 4) is 5.75 Å². The van der Waals surface area contributed by atoms with E-state index in [1.807, 2.05) is 0 Å². The predicted molar refractivity (Wildman–Crippen MR) is 134 cm³/mol. The Morgan fingerprint density at radius 1 is 0.919 bits per heavy atom. The molecular weight excluding hydrogens is 487 g/mol. The number of alkyl halides is 3. The van der Waals surface area contributed by atoms with E-state index in [2.05, 4.69) is 6.92 Å². The first-order valence-corrected chi connectivity index (χ1v) is 12.6. The van der Waals surface area contributed by atoms with Gasteiger partial charge in [-0.1, -0.05) is 56.9 Å². The second kappa shape index (κ2) is 15.2. The summed E-state index contributed by atoms with van der Waals surface area (Å²) in [5, 5.41) is 9.23. The van der Waals surface area contributed by atoms with Crippen molar-refractivity contribution in [1.29, 1.82) is 0 Å². The number of carboxylic acids is 1. The molecule has 37 heavy (non-hydrogen) atoms. The maximum absolute atomic E-state index is 13.0. The van der Waals surface area contributed by atoms with Crippen molar-refractivity contribution < 1.29 is 37.3 Å². The quantitative estimate of drug-likeness (QED) is 0.269. The summed E-state index contributed by atoms with van der Waals surface area (Å²) in [4.78, 5) is 25.9. The summed E-state index contributed by atoms with van der Waals surface area (Å²) in [6.45, 7) is 4.61. The summed E-state index contributed by atoms with van der Waals surface area (Å²) < 4.78 is 49.5. The normalized spacial score (nSPS) is 12.2. The van der Waals surface area contributed by atoms with Crippen molar-refractivity contribution in [2.45, 2.75) is 71.2 Å². The predicted octanol–water partition coefficient (Wildman–Crippen LogP) is 6.12. The molecule has 2 aromatic carbocycles. The molecule has 1 amide bonds. The molecule has 9 heteroatoms. The molecule has 0 aliphatic carbocycles. The second-order valence-electron chi connectivity index (χ2n) is 8.84. The molecule has 204 valence electrons. The maximum Gasteiger partial charge on any atom is 0.416 e. The molecule has 0 fully saturated rings. The number of benzene rings is 2. The van der Waals surface area contributed by atoms with Crippen LogP contribution >= 0.6 is 0 Å². The first-order valence-electron chi connectivity index (χ1n) is 12.6. The Morgan fingerprint density at radius 3 is 2.11 bits per heavy atom. The Bertz CT molecular complexity index is 961. The summed E-state index contributed by atoms with van der Waals surface area (Å²) in [6.07, 6.45) is -0.0943. The van der Waals surface area contributed by atoms with Crippen LogP contribution in [0.5, 0.6) is 5.75 Å². The number of nitrogens with zero attached hydrogens (tertiary/aromatic N) is 1. The highest BCUT2D eigenvalue weighted by molar-refractivity contribution is 5.77. The van der Waals surface area contributed by atoms with E-state index >= 15 is 0 Å². The van der Waals surface area contributed by atoms with E-state index in [1.165, 1.54) is 12.1 Å². The molecule has 1 atom stereocenters. The summed E-state index contributed by atoms with van der Waals surface area (Å²) in [6, 6.07) is 11.6. The van der Waals surface area contributed by atoms with Crippen molar-refractivity contribution in [3.05, 3.63) is 65.2 Å². The van der Waals surface area contributed by atoms with E-state index in [0.29, 0.717) is 24.5 Å². The monoisotopic (exact) mass is 523 g/mol.